The van der Waals surface area contributed by atoms with Gasteiger partial charge in [0.05, 0.1) is 0 Å². The lowest BCUT2D eigenvalue weighted by molar-refractivity contribution is -0.446. The zero-order valence-corrected chi connectivity index (χ0v) is 13.2. The van der Waals surface area contributed by atoms with Crippen LogP contribution in [-0.2, 0) is 4.79 Å². The van der Waals surface area contributed by atoms with E-state index < -0.39 is 52.8 Å². The zero-order valence-electron chi connectivity index (χ0n) is 12.5. The first kappa shape index (κ1) is 29.8. The highest BCUT2D eigenvalue weighted by molar-refractivity contribution is 6.22. The number of hydrogen-bond donors (Lipinski definition) is 2. The van der Waals surface area contributed by atoms with Gasteiger partial charge in [0.1, 0.15) is 0 Å². The highest BCUT2D eigenvalue weighted by Crippen LogP contribution is 2.64. The van der Waals surface area contributed by atoms with Crippen LogP contribution in [0.15, 0.2) is 0 Å². The number of carboxylic acids is 1. The molecule has 0 rings (SSSR count). The van der Waals surface area contributed by atoms with Crippen molar-refractivity contribution in [3.8, 4) is 0 Å². The molecule has 29 heavy (non-hydrogen) atoms. The summed E-state index contributed by atoms with van der Waals surface area (Å²) >= 11 is 3.31. The molecule has 0 aromatic rings. The van der Waals surface area contributed by atoms with Crippen LogP contribution < -0.4 is 6.15 Å². The number of aliphatic carboxylic acids is 1. The van der Waals surface area contributed by atoms with Crippen molar-refractivity contribution in [2.45, 2.75) is 46.8 Å². The van der Waals surface area contributed by atoms with Gasteiger partial charge < -0.3 is 11.3 Å². The van der Waals surface area contributed by atoms with E-state index in [-0.39, 0.29) is 6.15 Å². The second kappa shape index (κ2) is 7.09. The number of hydrogen-bond acceptors (Lipinski definition) is 2. The van der Waals surface area contributed by atoms with Crippen LogP contribution >= 0.6 is 11.6 Å². The van der Waals surface area contributed by atoms with Gasteiger partial charge in [-0.3, -0.25) is 0 Å². The largest absolute Gasteiger partial charge is 0.477 e. The minimum atomic E-state index is -8.66. The molecule has 0 aromatic carbocycles. The molecular formula is C9H4ClF16NO2. The SMILES string of the molecule is N.O=C(O)C(F)(F)C(F)(F)C(F)(F)C(F)(F)C(F)(F)C(F)(F)C(F)(F)C(F)(F)Cl. The number of halogens is 17. The Morgan fingerprint density at radius 2 is 0.724 bits per heavy atom. The fourth-order valence-electron chi connectivity index (χ4n) is 1.30. The highest BCUT2D eigenvalue weighted by Gasteiger charge is 2.95. The summed E-state index contributed by atoms with van der Waals surface area (Å²) in [6.45, 7) is 0. The summed E-state index contributed by atoms with van der Waals surface area (Å²) < 4.78 is 205. The van der Waals surface area contributed by atoms with Crippen LogP contribution in [-0.4, -0.2) is 57.9 Å². The van der Waals surface area contributed by atoms with Crippen molar-refractivity contribution in [2.24, 2.45) is 0 Å². The van der Waals surface area contributed by atoms with Crippen molar-refractivity contribution in [2.75, 3.05) is 0 Å². The summed E-state index contributed by atoms with van der Waals surface area (Å²) in [5.74, 6) is -61.8. The van der Waals surface area contributed by atoms with E-state index in [4.69, 9.17) is 5.11 Å². The van der Waals surface area contributed by atoms with E-state index in [0.29, 0.717) is 0 Å². The molecule has 0 bridgehead atoms. The molecule has 3 nitrogen and oxygen atoms in total. The maximum absolute atomic E-state index is 13.1. The maximum atomic E-state index is 13.1. The maximum Gasteiger partial charge on any atom is 0.410 e. The van der Waals surface area contributed by atoms with E-state index >= 15 is 0 Å². The van der Waals surface area contributed by atoms with Gasteiger partial charge in [0.25, 0.3) is 0 Å². The lowest BCUT2D eigenvalue weighted by atomic mass is 9.89. The Bertz CT molecular complexity index is 626. The standard InChI is InChI=1S/C9HClF16O2.H3N/c10-9(25,26)8(23,24)7(21,22)6(19,20)5(17,18)4(15,16)3(13,14)2(11,12)1(27)28;/h(H,27,28);1H3. The summed E-state index contributed by atoms with van der Waals surface area (Å²) in [4.78, 5) is 9.80. The lowest BCUT2D eigenvalue weighted by Crippen LogP contribution is -2.75. The van der Waals surface area contributed by atoms with Crippen molar-refractivity contribution >= 4 is 17.6 Å². The number of alkyl halides is 17. The highest BCUT2D eigenvalue weighted by atomic mass is 35.5. The third-order valence-corrected chi connectivity index (χ3v) is 3.23. The molecule has 0 aliphatic carbocycles. The predicted molar refractivity (Wildman–Crippen MR) is 58.1 cm³/mol. The average molecular weight is 498 g/mol. The van der Waals surface area contributed by atoms with Crippen molar-refractivity contribution in [3.63, 3.8) is 0 Å². The fourth-order valence-corrected chi connectivity index (χ4v) is 1.42. The lowest BCUT2D eigenvalue weighted by Gasteiger charge is -2.42. The molecule has 0 saturated heterocycles. The molecule has 0 atom stereocenters. The molecule has 0 aliphatic rings. The Kier molecular flexibility index (Phi) is 7.28. The smallest absolute Gasteiger partial charge is 0.410 e. The van der Waals surface area contributed by atoms with Gasteiger partial charge in [-0.25, -0.2) is 4.79 Å². The molecule has 0 fully saturated rings. The third-order valence-electron chi connectivity index (χ3n) is 2.99. The van der Waals surface area contributed by atoms with Gasteiger partial charge >= 0.3 is 52.8 Å². The van der Waals surface area contributed by atoms with E-state index in [9.17, 15) is 75.0 Å². The van der Waals surface area contributed by atoms with E-state index in [1.54, 1.807) is 0 Å². The Labute approximate surface area is 152 Å². The van der Waals surface area contributed by atoms with Gasteiger partial charge in [-0.1, -0.05) is 0 Å². The minimum Gasteiger partial charge on any atom is -0.477 e. The first-order chi connectivity index (χ1) is 11.7. The third kappa shape index (κ3) is 3.52. The summed E-state index contributed by atoms with van der Waals surface area (Å²) in [6, 6.07) is 0. The molecule has 176 valence electrons. The van der Waals surface area contributed by atoms with Crippen molar-refractivity contribution in [3.05, 3.63) is 0 Å². The van der Waals surface area contributed by atoms with Crippen LogP contribution in [0, 0.1) is 0 Å². The molecule has 0 heterocycles. The Morgan fingerprint density at radius 3 is 0.931 bits per heavy atom. The minimum absolute atomic E-state index is 0. The molecule has 0 amide bonds. The van der Waals surface area contributed by atoms with Crippen LogP contribution in [0.3, 0.4) is 0 Å². The monoisotopic (exact) mass is 497 g/mol. The topological polar surface area (TPSA) is 72.3 Å². The zero-order chi connectivity index (χ0) is 23.6. The molecule has 20 heteroatoms. The molecule has 0 aliphatic heterocycles. The molecule has 4 N–H and O–H groups in total. The van der Waals surface area contributed by atoms with Gasteiger partial charge in [0.2, 0.25) is 0 Å². The van der Waals surface area contributed by atoms with Gasteiger partial charge in [-0.2, -0.15) is 70.2 Å². The van der Waals surface area contributed by atoms with E-state index in [1.165, 1.54) is 0 Å². The van der Waals surface area contributed by atoms with Crippen molar-refractivity contribution < 1.29 is 80.1 Å². The molecule has 0 aromatic heterocycles. The van der Waals surface area contributed by atoms with Gasteiger partial charge in [-0.05, 0) is 11.6 Å². The van der Waals surface area contributed by atoms with Crippen LogP contribution in [0.1, 0.15) is 0 Å². The number of carbonyl (C=O) groups is 1. The molecule has 0 unspecified atom stereocenters. The van der Waals surface area contributed by atoms with E-state index in [2.05, 4.69) is 11.6 Å². The first-order valence-electron chi connectivity index (χ1n) is 5.64. The average Bonchev–Trinajstić information content (AvgIpc) is 2.44. The normalized spacial score (nSPS) is 15.8. The Balaban J connectivity index is 0. The summed E-state index contributed by atoms with van der Waals surface area (Å²) in [7, 11) is 0. The molecule has 0 spiro atoms. The Morgan fingerprint density at radius 1 is 0.517 bits per heavy atom. The second-order valence-corrected chi connectivity index (χ2v) is 5.30. The molecule has 0 saturated carbocycles. The summed E-state index contributed by atoms with van der Waals surface area (Å²) in [6.07, 6.45) is 0. The number of carboxylic acid groups (broad SMARTS) is 1. The quantitative estimate of drug-likeness (QED) is 0.343. The fraction of sp³-hybridized carbons (Fsp3) is 0.889. The second-order valence-electron chi connectivity index (χ2n) is 4.82. The predicted octanol–water partition coefficient (Wildman–Crippen LogP) is 5.51. The van der Waals surface area contributed by atoms with Crippen LogP contribution in [0.25, 0.3) is 0 Å². The van der Waals surface area contributed by atoms with Crippen molar-refractivity contribution in [1.29, 1.82) is 0 Å². The summed E-state index contributed by atoms with van der Waals surface area (Å²) in [5.41, 5.74) is 0. The van der Waals surface area contributed by atoms with Crippen LogP contribution in [0.4, 0.5) is 70.2 Å². The van der Waals surface area contributed by atoms with E-state index in [0.717, 1.165) is 0 Å². The van der Waals surface area contributed by atoms with Gasteiger partial charge in [0, 0.05) is 0 Å². The van der Waals surface area contributed by atoms with Crippen molar-refractivity contribution in [1.82, 2.24) is 6.15 Å². The Hall–Kier alpha value is -1.40. The van der Waals surface area contributed by atoms with E-state index in [1.807, 2.05) is 0 Å². The van der Waals surface area contributed by atoms with Gasteiger partial charge in [-0.15, -0.1) is 0 Å². The first-order valence-corrected chi connectivity index (χ1v) is 6.02. The molecule has 0 radical (unpaired) electrons. The van der Waals surface area contributed by atoms with Crippen LogP contribution in [0.2, 0.25) is 0 Å². The number of rotatable bonds is 8. The summed E-state index contributed by atoms with van der Waals surface area (Å²) in [5, 5.41) is 0.762. The van der Waals surface area contributed by atoms with Crippen LogP contribution in [0.5, 0.6) is 0 Å². The molecular weight excluding hydrogens is 494 g/mol. The van der Waals surface area contributed by atoms with Gasteiger partial charge in [0.15, 0.2) is 0 Å².